The van der Waals surface area contributed by atoms with Crippen LogP contribution in [0, 0.1) is 12.8 Å². The summed E-state index contributed by atoms with van der Waals surface area (Å²) >= 11 is 0. The second kappa shape index (κ2) is 8.09. The minimum atomic E-state index is -0.578. The molecule has 3 aromatic rings. The molecule has 0 spiro atoms. The Balaban J connectivity index is 1.62. The Morgan fingerprint density at radius 2 is 1.83 bits per heavy atom. The lowest BCUT2D eigenvalue weighted by Crippen LogP contribution is -2.19. The average molecular weight is 390 g/mol. The lowest BCUT2D eigenvalue weighted by Gasteiger charge is -2.19. The van der Waals surface area contributed by atoms with E-state index in [2.05, 4.69) is 36.3 Å². The van der Waals surface area contributed by atoms with Crippen molar-refractivity contribution in [2.75, 3.05) is 5.73 Å². The van der Waals surface area contributed by atoms with Gasteiger partial charge in [-0.05, 0) is 36.8 Å². The number of nitrogens with zero attached hydrogens (tertiary/aromatic N) is 2. The van der Waals surface area contributed by atoms with Gasteiger partial charge in [-0.15, -0.1) is 0 Å². The molecule has 0 saturated heterocycles. The van der Waals surface area contributed by atoms with Gasteiger partial charge in [-0.25, -0.2) is 4.68 Å². The van der Waals surface area contributed by atoms with E-state index in [1.807, 2.05) is 30.3 Å². The number of hydrogen-bond acceptors (Lipinski definition) is 4. The highest BCUT2D eigenvalue weighted by Gasteiger charge is 2.36. The van der Waals surface area contributed by atoms with Gasteiger partial charge in [0, 0.05) is 0 Å². The van der Waals surface area contributed by atoms with Crippen molar-refractivity contribution in [3.8, 4) is 0 Å². The Labute approximate surface area is 170 Å². The van der Waals surface area contributed by atoms with Crippen LogP contribution in [0.2, 0.25) is 0 Å². The van der Waals surface area contributed by atoms with Gasteiger partial charge in [0.25, 0.3) is 5.91 Å². The molecule has 29 heavy (non-hydrogen) atoms. The predicted octanol–water partition coefficient (Wildman–Crippen LogP) is 3.59. The van der Waals surface area contributed by atoms with Crippen LogP contribution in [-0.2, 0) is 18.0 Å². The molecule has 1 fully saturated rings. The number of nitrogen functional groups attached to an aromatic ring is 1. The maximum absolute atomic E-state index is 12.1. The maximum atomic E-state index is 12.1. The average Bonchev–Trinajstić information content (AvgIpc) is 3.49. The van der Waals surface area contributed by atoms with Gasteiger partial charge in [-0.1, -0.05) is 60.2 Å². The SMILES string of the molecule is Cc1ccc(C(C2CC2)n2nc(COCc3ccccc3)c(C(N)=O)c2N)cc1. The van der Waals surface area contributed by atoms with E-state index >= 15 is 0 Å². The van der Waals surface area contributed by atoms with Gasteiger partial charge in [0.15, 0.2) is 0 Å². The summed E-state index contributed by atoms with van der Waals surface area (Å²) in [4.78, 5) is 12.1. The van der Waals surface area contributed by atoms with Crippen LogP contribution in [0.1, 0.15) is 51.6 Å². The van der Waals surface area contributed by atoms with E-state index in [0.717, 1.165) is 24.0 Å². The van der Waals surface area contributed by atoms with Crippen molar-refractivity contribution in [3.63, 3.8) is 0 Å². The molecule has 0 bridgehead atoms. The molecule has 1 atom stereocenters. The number of anilines is 1. The van der Waals surface area contributed by atoms with Crippen LogP contribution < -0.4 is 11.5 Å². The van der Waals surface area contributed by atoms with E-state index in [1.165, 1.54) is 5.56 Å². The fourth-order valence-corrected chi connectivity index (χ4v) is 3.71. The van der Waals surface area contributed by atoms with Crippen LogP contribution in [-0.4, -0.2) is 15.7 Å². The number of amides is 1. The minimum Gasteiger partial charge on any atom is -0.383 e. The molecule has 4 rings (SSSR count). The number of aryl methyl sites for hydroxylation is 1. The van der Waals surface area contributed by atoms with E-state index in [0.29, 0.717) is 24.0 Å². The van der Waals surface area contributed by atoms with Crippen LogP contribution in [0.4, 0.5) is 5.82 Å². The first-order valence-electron chi connectivity index (χ1n) is 9.89. The topological polar surface area (TPSA) is 96.2 Å². The van der Waals surface area contributed by atoms with Crippen LogP contribution >= 0.6 is 0 Å². The van der Waals surface area contributed by atoms with Crippen LogP contribution in [0.15, 0.2) is 54.6 Å². The number of ether oxygens (including phenoxy) is 1. The number of primary amides is 1. The number of rotatable bonds is 8. The third kappa shape index (κ3) is 4.17. The van der Waals surface area contributed by atoms with E-state index in [4.69, 9.17) is 16.2 Å². The molecule has 2 aromatic carbocycles. The van der Waals surface area contributed by atoms with Crippen molar-refractivity contribution in [2.45, 2.75) is 39.0 Å². The molecule has 1 heterocycles. The minimum absolute atomic E-state index is 0.00317. The zero-order valence-electron chi connectivity index (χ0n) is 16.5. The second-order valence-electron chi connectivity index (χ2n) is 7.69. The fraction of sp³-hybridized carbons (Fsp3) is 0.304. The number of nitrogens with two attached hydrogens (primary N) is 2. The summed E-state index contributed by atoms with van der Waals surface area (Å²) in [5.74, 6) is 0.192. The normalized spacial score (nSPS) is 14.7. The first-order chi connectivity index (χ1) is 14.0. The van der Waals surface area contributed by atoms with Gasteiger partial charge in [0.1, 0.15) is 17.1 Å². The Morgan fingerprint density at radius 1 is 1.14 bits per heavy atom. The molecule has 1 saturated carbocycles. The van der Waals surface area contributed by atoms with Crippen molar-refractivity contribution >= 4 is 11.7 Å². The van der Waals surface area contributed by atoms with Gasteiger partial charge in [0.2, 0.25) is 0 Å². The molecule has 1 aliphatic carbocycles. The lowest BCUT2D eigenvalue weighted by atomic mass is 10.0. The number of aromatic nitrogens is 2. The van der Waals surface area contributed by atoms with E-state index in [9.17, 15) is 4.79 Å². The Bertz CT molecular complexity index is 992. The molecule has 0 aliphatic heterocycles. The zero-order chi connectivity index (χ0) is 20.4. The summed E-state index contributed by atoms with van der Waals surface area (Å²) in [5, 5.41) is 4.69. The summed E-state index contributed by atoms with van der Waals surface area (Å²) in [5.41, 5.74) is 16.1. The van der Waals surface area contributed by atoms with Crippen LogP contribution in [0.3, 0.4) is 0 Å². The largest absolute Gasteiger partial charge is 0.383 e. The smallest absolute Gasteiger partial charge is 0.254 e. The van der Waals surface area contributed by atoms with E-state index in [-0.39, 0.29) is 18.2 Å². The fourth-order valence-electron chi connectivity index (χ4n) is 3.71. The third-order valence-corrected chi connectivity index (χ3v) is 5.37. The van der Waals surface area contributed by atoms with Crippen LogP contribution in [0.25, 0.3) is 0 Å². The third-order valence-electron chi connectivity index (χ3n) is 5.37. The molecule has 6 heteroatoms. The molecule has 1 aliphatic rings. The van der Waals surface area contributed by atoms with Crippen molar-refractivity contribution in [1.29, 1.82) is 0 Å². The lowest BCUT2D eigenvalue weighted by molar-refractivity contribution is 0.0959. The Morgan fingerprint density at radius 3 is 2.45 bits per heavy atom. The van der Waals surface area contributed by atoms with E-state index < -0.39 is 5.91 Å². The molecule has 0 radical (unpaired) electrons. The molecular weight excluding hydrogens is 364 g/mol. The Kier molecular flexibility index (Phi) is 5.36. The molecule has 1 unspecified atom stereocenters. The van der Waals surface area contributed by atoms with Gasteiger partial charge >= 0.3 is 0 Å². The monoisotopic (exact) mass is 390 g/mol. The summed E-state index contributed by atoms with van der Waals surface area (Å²) in [6.45, 7) is 2.66. The van der Waals surface area contributed by atoms with E-state index in [1.54, 1.807) is 4.68 Å². The second-order valence-corrected chi connectivity index (χ2v) is 7.69. The van der Waals surface area contributed by atoms with Crippen molar-refractivity contribution in [1.82, 2.24) is 9.78 Å². The first kappa shape index (κ1) is 19.2. The molecular formula is C23H26N4O2. The highest BCUT2D eigenvalue weighted by molar-refractivity contribution is 5.98. The summed E-state index contributed by atoms with van der Waals surface area (Å²) in [7, 11) is 0. The van der Waals surface area contributed by atoms with Gasteiger partial charge in [0.05, 0.1) is 19.3 Å². The molecule has 6 nitrogen and oxygen atoms in total. The summed E-state index contributed by atoms with van der Waals surface area (Å²) < 4.78 is 7.57. The van der Waals surface area contributed by atoms with Crippen molar-refractivity contribution < 1.29 is 9.53 Å². The van der Waals surface area contributed by atoms with Gasteiger partial charge in [-0.3, -0.25) is 4.79 Å². The number of carbonyl (C=O) groups excluding carboxylic acids is 1. The zero-order valence-corrected chi connectivity index (χ0v) is 16.5. The van der Waals surface area contributed by atoms with Gasteiger partial charge in [-0.2, -0.15) is 5.10 Å². The summed E-state index contributed by atoms with van der Waals surface area (Å²) in [6.07, 6.45) is 2.23. The quantitative estimate of drug-likeness (QED) is 0.614. The summed E-state index contributed by atoms with van der Waals surface area (Å²) in [6, 6.07) is 18.2. The number of carbonyl (C=O) groups is 1. The molecule has 1 amide bonds. The predicted molar refractivity (Wildman–Crippen MR) is 112 cm³/mol. The standard InChI is InChI=1S/C23H26N4O2/c1-15-7-9-17(10-8-15)21(18-11-12-18)27-22(24)20(23(25)28)19(26-27)14-29-13-16-5-3-2-4-6-16/h2-10,18,21H,11-14,24H2,1H3,(H2,25,28). The molecule has 1 aromatic heterocycles. The molecule has 4 N–H and O–H groups in total. The van der Waals surface area contributed by atoms with Gasteiger partial charge < -0.3 is 16.2 Å². The number of hydrogen-bond donors (Lipinski definition) is 2. The first-order valence-corrected chi connectivity index (χ1v) is 9.89. The van der Waals surface area contributed by atoms with Crippen LogP contribution in [0.5, 0.6) is 0 Å². The van der Waals surface area contributed by atoms with Crippen molar-refractivity contribution in [3.05, 3.63) is 82.5 Å². The number of benzene rings is 2. The molecule has 150 valence electrons. The highest BCUT2D eigenvalue weighted by Crippen LogP contribution is 2.44. The highest BCUT2D eigenvalue weighted by atomic mass is 16.5. The van der Waals surface area contributed by atoms with Crippen molar-refractivity contribution in [2.24, 2.45) is 11.7 Å². The maximum Gasteiger partial charge on any atom is 0.254 e. The Hall–Kier alpha value is -3.12.